The zero-order valence-electron chi connectivity index (χ0n) is 16.9. The van der Waals surface area contributed by atoms with Gasteiger partial charge in [-0.1, -0.05) is 32.3 Å². The van der Waals surface area contributed by atoms with Crippen LogP contribution in [0.4, 0.5) is 5.69 Å². The number of likely N-dealkylation sites (N-methyl/N-ethyl adjacent to an activating group) is 1. The van der Waals surface area contributed by atoms with Crippen LogP contribution < -0.4 is 10.6 Å². The number of benzene rings is 1. The number of carbonyl (C=O) groups is 1. The molecule has 0 heterocycles. The molecular weight excluding hydrogens is 354 g/mol. The molecule has 1 aromatic rings. The van der Waals surface area contributed by atoms with Crippen molar-refractivity contribution in [2.24, 2.45) is 10.9 Å². The number of carbonyl (C=O) groups excluding carboxylic acids is 1. The second-order valence-corrected chi connectivity index (χ2v) is 8.53. The van der Waals surface area contributed by atoms with Crippen molar-refractivity contribution in [3.8, 4) is 0 Å². The van der Waals surface area contributed by atoms with E-state index in [1.54, 1.807) is 11.8 Å². The Morgan fingerprint density at radius 1 is 1.33 bits per heavy atom. The number of aryl methyl sites for hydroxylation is 1. The van der Waals surface area contributed by atoms with Crippen LogP contribution in [0.1, 0.15) is 57.4 Å². The molecule has 150 valence electrons. The normalized spacial score (nSPS) is 16.1. The van der Waals surface area contributed by atoms with Crippen LogP contribution in [0.25, 0.3) is 0 Å². The van der Waals surface area contributed by atoms with Crippen molar-refractivity contribution in [2.45, 2.75) is 69.2 Å². The van der Waals surface area contributed by atoms with E-state index in [-0.39, 0.29) is 11.9 Å². The fourth-order valence-electron chi connectivity index (χ4n) is 3.81. The summed E-state index contributed by atoms with van der Waals surface area (Å²) in [7, 11) is 1.97. The van der Waals surface area contributed by atoms with Crippen LogP contribution in [-0.4, -0.2) is 38.0 Å². The van der Waals surface area contributed by atoms with E-state index in [1.165, 1.54) is 42.6 Å². The molecule has 0 spiro atoms. The molecular formula is C22H35N3OS. The Balaban J connectivity index is 1.77. The van der Waals surface area contributed by atoms with Crippen LogP contribution in [0.2, 0.25) is 0 Å². The van der Waals surface area contributed by atoms with Crippen LogP contribution >= 0.6 is 11.8 Å². The van der Waals surface area contributed by atoms with Gasteiger partial charge < -0.3 is 10.6 Å². The average Bonchev–Trinajstić information content (AvgIpc) is 2.71. The largest absolute Gasteiger partial charge is 0.352 e. The van der Waals surface area contributed by atoms with E-state index in [9.17, 15) is 4.79 Å². The number of aliphatic imine (C=N–C) groups is 1. The molecule has 2 rings (SSSR count). The summed E-state index contributed by atoms with van der Waals surface area (Å²) in [4.78, 5) is 17.7. The van der Waals surface area contributed by atoms with E-state index in [1.807, 2.05) is 13.1 Å². The quantitative estimate of drug-likeness (QED) is 0.327. The van der Waals surface area contributed by atoms with Gasteiger partial charge in [-0.05, 0) is 68.8 Å². The standard InChI is InChI=1S/C22H35N3OS/c1-4-17-12-13-19(24-3)21(15-17)27-14-8-11-22(26)25-20(16-23-2)18-9-6-5-7-10-18/h12-13,15,18,20,23H,3-11,14,16H2,1-2H3,(H,25,26). The number of thioether (sulfide) groups is 1. The number of amides is 1. The number of nitrogens with one attached hydrogen (secondary N) is 2. The Morgan fingerprint density at radius 2 is 2.11 bits per heavy atom. The number of hydrogen-bond acceptors (Lipinski definition) is 4. The average molecular weight is 390 g/mol. The van der Waals surface area contributed by atoms with E-state index in [2.05, 4.69) is 41.4 Å². The van der Waals surface area contributed by atoms with E-state index >= 15 is 0 Å². The summed E-state index contributed by atoms with van der Waals surface area (Å²) < 4.78 is 0. The Bertz CT molecular complexity index is 599. The van der Waals surface area contributed by atoms with E-state index in [0.717, 1.165) is 30.8 Å². The first-order chi connectivity index (χ1) is 13.2. The second-order valence-electron chi connectivity index (χ2n) is 7.40. The predicted octanol–water partition coefficient (Wildman–Crippen LogP) is 4.74. The van der Waals surface area contributed by atoms with Gasteiger partial charge in [0.2, 0.25) is 5.91 Å². The lowest BCUT2D eigenvalue weighted by atomic mass is 9.83. The smallest absolute Gasteiger partial charge is 0.220 e. The molecule has 1 aromatic carbocycles. The van der Waals surface area contributed by atoms with Crippen LogP contribution in [-0.2, 0) is 11.2 Å². The number of nitrogens with zero attached hydrogens (tertiary/aromatic N) is 1. The van der Waals surface area contributed by atoms with Crippen LogP contribution in [0.3, 0.4) is 0 Å². The van der Waals surface area contributed by atoms with Gasteiger partial charge in [0.05, 0.1) is 5.69 Å². The molecule has 0 aromatic heterocycles. The first kappa shape index (κ1) is 22.0. The van der Waals surface area contributed by atoms with Crippen LogP contribution in [0.15, 0.2) is 28.1 Å². The monoisotopic (exact) mass is 389 g/mol. The molecule has 5 heteroatoms. The van der Waals surface area contributed by atoms with E-state index < -0.39 is 0 Å². The van der Waals surface area contributed by atoms with E-state index in [4.69, 9.17) is 0 Å². The van der Waals surface area contributed by atoms with Gasteiger partial charge in [0.25, 0.3) is 0 Å². The molecule has 1 saturated carbocycles. The van der Waals surface area contributed by atoms with E-state index in [0.29, 0.717) is 12.3 Å². The van der Waals surface area contributed by atoms with Crippen molar-refractivity contribution in [1.29, 1.82) is 0 Å². The topological polar surface area (TPSA) is 53.5 Å². The molecule has 1 amide bonds. The maximum atomic E-state index is 12.4. The molecule has 1 fully saturated rings. The number of hydrogen-bond donors (Lipinski definition) is 2. The summed E-state index contributed by atoms with van der Waals surface area (Å²) in [5.74, 6) is 1.73. The van der Waals surface area contributed by atoms with Crippen molar-refractivity contribution in [1.82, 2.24) is 10.6 Å². The summed E-state index contributed by atoms with van der Waals surface area (Å²) in [5.41, 5.74) is 2.25. The van der Waals surface area contributed by atoms with Crippen molar-refractivity contribution in [2.75, 3.05) is 19.3 Å². The second kappa shape index (κ2) is 12.2. The minimum Gasteiger partial charge on any atom is -0.352 e. The summed E-state index contributed by atoms with van der Waals surface area (Å²) in [6.45, 7) is 6.68. The lowest BCUT2D eigenvalue weighted by Crippen LogP contribution is -2.46. The fraction of sp³-hybridized carbons (Fsp3) is 0.636. The molecule has 4 nitrogen and oxygen atoms in total. The molecule has 0 bridgehead atoms. The van der Waals surface area contributed by atoms with Crippen molar-refractivity contribution in [3.05, 3.63) is 23.8 Å². The Labute approximate surface area is 169 Å². The molecule has 0 radical (unpaired) electrons. The Kier molecular flexibility index (Phi) is 9.92. The summed E-state index contributed by atoms with van der Waals surface area (Å²) in [6, 6.07) is 6.61. The summed E-state index contributed by atoms with van der Waals surface area (Å²) >= 11 is 1.77. The highest BCUT2D eigenvalue weighted by Gasteiger charge is 2.24. The van der Waals surface area contributed by atoms with Gasteiger partial charge in [-0.3, -0.25) is 9.79 Å². The van der Waals surface area contributed by atoms with Crippen molar-refractivity contribution < 1.29 is 4.79 Å². The molecule has 27 heavy (non-hydrogen) atoms. The predicted molar refractivity (Wildman–Crippen MR) is 117 cm³/mol. The fourth-order valence-corrected chi connectivity index (χ4v) is 4.83. The van der Waals surface area contributed by atoms with Crippen molar-refractivity contribution in [3.63, 3.8) is 0 Å². The third-order valence-corrected chi connectivity index (χ3v) is 6.53. The molecule has 1 unspecified atom stereocenters. The number of rotatable bonds is 11. The zero-order valence-corrected chi connectivity index (χ0v) is 17.7. The van der Waals surface area contributed by atoms with Gasteiger partial charge in [0, 0.05) is 23.9 Å². The Morgan fingerprint density at radius 3 is 2.78 bits per heavy atom. The highest BCUT2D eigenvalue weighted by Crippen LogP contribution is 2.31. The molecule has 1 aliphatic rings. The third-order valence-electron chi connectivity index (χ3n) is 5.40. The first-order valence-electron chi connectivity index (χ1n) is 10.3. The highest BCUT2D eigenvalue weighted by molar-refractivity contribution is 7.99. The third kappa shape index (κ3) is 7.30. The minimum absolute atomic E-state index is 0.186. The van der Waals surface area contributed by atoms with Gasteiger partial charge in [-0.15, -0.1) is 11.8 Å². The zero-order chi connectivity index (χ0) is 19.5. The molecule has 1 atom stereocenters. The SMILES string of the molecule is C=Nc1ccc(CC)cc1SCCCC(=O)NC(CNC)C1CCCCC1. The first-order valence-corrected chi connectivity index (χ1v) is 11.3. The van der Waals surface area contributed by atoms with Gasteiger partial charge in [-0.2, -0.15) is 0 Å². The van der Waals surface area contributed by atoms with Gasteiger partial charge in [-0.25, -0.2) is 0 Å². The molecule has 2 N–H and O–H groups in total. The minimum atomic E-state index is 0.186. The highest BCUT2D eigenvalue weighted by atomic mass is 32.2. The van der Waals surface area contributed by atoms with Gasteiger partial charge in [0.15, 0.2) is 0 Å². The van der Waals surface area contributed by atoms with Gasteiger partial charge >= 0.3 is 0 Å². The van der Waals surface area contributed by atoms with Crippen LogP contribution in [0, 0.1) is 5.92 Å². The van der Waals surface area contributed by atoms with Crippen LogP contribution in [0.5, 0.6) is 0 Å². The maximum absolute atomic E-state index is 12.4. The molecule has 0 aliphatic heterocycles. The Hall–Kier alpha value is -1.33. The lowest BCUT2D eigenvalue weighted by molar-refractivity contribution is -0.122. The van der Waals surface area contributed by atoms with Gasteiger partial charge in [0.1, 0.15) is 0 Å². The summed E-state index contributed by atoms with van der Waals surface area (Å²) in [6.07, 6.45) is 8.91. The maximum Gasteiger partial charge on any atom is 0.220 e. The lowest BCUT2D eigenvalue weighted by Gasteiger charge is -2.31. The van der Waals surface area contributed by atoms with Crippen molar-refractivity contribution >= 4 is 30.1 Å². The molecule has 0 saturated heterocycles. The molecule has 1 aliphatic carbocycles. The summed E-state index contributed by atoms with van der Waals surface area (Å²) in [5, 5.41) is 6.54.